The van der Waals surface area contributed by atoms with Crippen LogP contribution in [0.3, 0.4) is 0 Å². The minimum absolute atomic E-state index is 0.0142. The molecule has 1 aliphatic heterocycles. The van der Waals surface area contributed by atoms with E-state index in [9.17, 15) is 4.79 Å². The first-order valence-corrected chi connectivity index (χ1v) is 9.94. The van der Waals surface area contributed by atoms with Gasteiger partial charge < -0.3 is 10.6 Å². The smallest absolute Gasteiger partial charge is 0.223 e. The van der Waals surface area contributed by atoms with Crippen molar-refractivity contribution in [2.75, 3.05) is 19.6 Å². The van der Waals surface area contributed by atoms with Crippen molar-refractivity contribution < 1.29 is 4.79 Å². The Morgan fingerprint density at radius 1 is 1.35 bits per heavy atom. The molecule has 1 atom stereocenters. The van der Waals surface area contributed by atoms with E-state index >= 15 is 0 Å². The fraction of sp³-hybridized carbons (Fsp3) is 0.611. The lowest BCUT2D eigenvalue weighted by atomic mass is 9.92. The van der Waals surface area contributed by atoms with E-state index in [1.807, 2.05) is 11.8 Å². The van der Waals surface area contributed by atoms with Gasteiger partial charge in [-0.3, -0.25) is 4.79 Å². The SMILES string of the molecule is CC(C)(CNC(=O)C1CC12CCNCC2)Sc1ccc(Br)cc1. The number of nitrogens with one attached hydrogen (secondary N) is 2. The van der Waals surface area contributed by atoms with E-state index in [1.54, 1.807) is 0 Å². The number of hydrogen-bond acceptors (Lipinski definition) is 3. The molecule has 126 valence electrons. The van der Waals surface area contributed by atoms with Crippen LogP contribution in [0.25, 0.3) is 0 Å². The van der Waals surface area contributed by atoms with Crippen LogP contribution in [0.15, 0.2) is 33.6 Å². The van der Waals surface area contributed by atoms with Crippen LogP contribution in [-0.2, 0) is 4.79 Å². The zero-order valence-corrected chi connectivity index (χ0v) is 16.2. The summed E-state index contributed by atoms with van der Waals surface area (Å²) in [7, 11) is 0. The predicted molar refractivity (Wildman–Crippen MR) is 99.7 cm³/mol. The highest BCUT2D eigenvalue weighted by Crippen LogP contribution is 2.58. The second-order valence-corrected chi connectivity index (χ2v) is 10.1. The van der Waals surface area contributed by atoms with Crippen LogP contribution in [0.4, 0.5) is 0 Å². The number of amides is 1. The summed E-state index contributed by atoms with van der Waals surface area (Å²) in [4.78, 5) is 13.7. The highest BCUT2D eigenvalue weighted by molar-refractivity contribution is 9.10. The fourth-order valence-corrected chi connectivity index (χ4v) is 4.80. The van der Waals surface area contributed by atoms with Gasteiger partial charge in [0.05, 0.1) is 0 Å². The molecule has 1 saturated carbocycles. The van der Waals surface area contributed by atoms with Gasteiger partial charge in [-0.15, -0.1) is 11.8 Å². The second kappa shape index (κ2) is 6.77. The van der Waals surface area contributed by atoms with Crippen molar-refractivity contribution in [2.45, 2.75) is 42.8 Å². The Labute approximate surface area is 151 Å². The van der Waals surface area contributed by atoms with Gasteiger partial charge in [0.15, 0.2) is 0 Å². The normalized spacial score (nSPS) is 22.8. The third kappa shape index (κ3) is 4.31. The van der Waals surface area contributed by atoms with E-state index in [-0.39, 0.29) is 16.6 Å². The highest BCUT2D eigenvalue weighted by atomic mass is 79.9. The van der Waals surface area contributed by atoms with E-state index in [4.69, 9.17) is 0 Å². The van der Waals surface area contributed by atoms with Gasteiger partial charge in [-0.2, -0.15) is 0 Å². The van der Waals surface area contributed by atoms with Crippen molar-refractivity contribution in [1.82, 2.24) is 10.6 Å². The van der Waals surface area contributed by atoms with E-state index in [0.29, 0.717) is 12.0 Å². The summed E-state index contributed by atoms with van der Waals surface area (Å²) in [6.07, 6.45) is 3.39. The quantitative estimate of drug-likeness (QED) is 0.743. The average Bonchev–Trinajstić information content (AvgIpc) is 3.21. The minimum Gasteiger partial charge on any atom is -0.354 e. The number of hydrogen-bond donors (Lipinski definition) is 2. The van der Waals surface area contributed by atoms with Crippen LogP contribution < -0.4 is 10.6 Å². The molecule has 0 radical (unpaired) electrons. The molecule has 1 heterocycles. The van der Waals surface area contributed by atoms with Crippen molar-refractivity contribution >= 4 is 33.6 Å². The molecule has 5 heteroatoms. The molecule has 1 amide bonds. The first kappa shape index (κ1) is 17.3. The summed E-state index contributed by atoms with van der Waals surface area (Å²) < 4.78 is 1.08. The number of carbonyl (C=O) groups excluding carboxylic acids is 1. The van der Waals surface area contributed by atoms with Gasteiger partial charge in [-0.05, 0) is 75.9 Å². The Bertz CT molecular complexity index is 567. The number of benzene rings is 1. The van der Waals surface area contributed by atoms with Crippen LogP contribution in [0.5, 0.6) is 0 Å². The first-order valence-electron chi connectivity index (χ1n) is 8.33. The van der Waals surface area contributed by atoms with Gasteiger partial charge in [-0.1, -0.05) is 15.9 Å². The lowest BCUT2D eigenvalue weighted by Gasteiger charge is -2.26. The number of piperidine rings is 1. The fourth-order valence-electron chi connectivity index (χ4n) is 3.48. The van der Waals surface area contributed by atoms with Crippen LogP contribution in [0.2, 0.25) is 0 Å². The first-order chi connectivity index (χ1) is 10.9. The molecular formula is C18H25BrN2OS. The Hall–Kier alpha value is -0.520. The van der Waals surface area contributed by atoms with Crippen LogP contribution in [0, 0.1) is 11.3 Å². The minimum atomic E-state index is -0.0142. The number of rotatable bonds is 5. The predicted octanol–water partition coefficient (Wildman–Crippen LogP) is 3.83. The van der Waals surface area contributed by atoms with E-state index in [0.717, 1.165) is 36.8 Å². The average molecular weight is 397 g/mol. The van der Waals surface area contributed by atoms with Crippen LogP contribution in [-0.4, -0.2) is 30.3 Å². The Morgan fingerprint density at radius 3 is 2.65 bits per heavy atom. The maximum atomic E-state index is 12.5. The van der Waals surface area contributed by atoms with Crippen molar-refractivity contribution in [3.8, 4) is 0 Å². The standard InChI is InChI=1S/C18H25BrN2OS/c1-17(2,23-14-5-3-13(19)4-6-14)12-21-16(22)15-11-18(15)7-9-20-10-8-18/h3-6,15,20H,7-12H2,1-2H3,(H,21,22). The monoisotopic (exact) mass is 396 g/mol. The summed E-state index contributed by atoms with van der Waals surface area (Å²) in [5, 5.41) is 6.59. The summed E-state index contributed by atoms with van der Waals surface area (Å²) >= 11 is 5.27. The number of halogens is 1. The van der Waals surface area contributed by atoms with Gasteiger partial charge in [0.2, 0.25) is 5.91 Å². The number of thioether (sulfide) groups is 1. The molecular weight excluding hydrogens is 372 g/mol. The van der Waals surface area contributed by atoms with E-state index in [2.05, 4.69) is 64.7 Å². The molecule has 1 spiro atoms. The molecule has 2 N–H and O–H groups in total. The topological polar surface area (TPSA) is 41.1 Å². The van der Waals surface area contributed by atoms with E-state index < -0.39 is 0 Å². The van der Waals surface area contributed by atoms with Crippen molar-refractivity contribution in [1.29, 1.82) is 0 Å². The largest absolute Gasteiger partial charge is 0.354 e. The molecule has 2 aliphatic rings. The van der Waals surface area contributed by atoms with Gasteiger partial charge in [0.1, 0.15) is 0 Å². The van der Waals surface area contributed by atoms with Crippen molar-refractivity contribution in [2.24, 2.45) is 11.3 Å². The molecule has 3 nitrogen and oxygen atoms in total. The zero-order valence-electron chi connectivity index (χ0n) is 13.8. The van der Waals surface area contributed by atoms with E-state index in [1.165, 1.54) is 4.90 Å². The van der Waals surface area contributed by atoms with Crippen molar-refractivity contribution in [3.63, 3.8) is 0 Å². The molecule has 2 fully saturated rings. The molecule has 1 aromatic rings. The van der Waals surface area contributed by atoms with Gasteiger partial charge in [0, 0.05) is 26.6 Å². The molecule has 1 aliphatic carbocycles. The summed E-state index contributed by atoms with van der Waals surface area (Å²) in [5.74, 6) is 0.509. The van der Waals surface area contributed by atoms with Crippen molar-refractivity contribution in [3.05, 3.63) is 28.7 Å². The molecule has 1 unspecified atom stereocenters. The molecule has 1 saturated heterocycles. The van der Waals surface area contributed by atoms with Crippen LogP contribution >= 0.6 is 27.7 Å². The second-order valence-electron chi connectivity index (χ2n) is 7.40. The summed E-state index contributed by atoms with van der Waals surface area (Å²) in [5.41, 5.74) is 0.318. The zero-order chi connectivity index (χ0) is 16.5. The molecule has 3 rings (SSSR count). The van der Waals surface area contributed by atoms with Gasteiger partial charge >= 0.3 is 0 Å². The lowest BCUT2D eigenvalue weighted by Crippen LogP contribution is -2.39. The summed E-state index contributed by atoms with van der Waals surface area (Å²) in [6, 6.07) is 8.34. The molecule has 1 aromatic carbocycles. The Morgan fingerprint density at radius 2 is 2.00 bits per heavy atom. The Kier molecular flexibility index (Phi) is 5.09. The summed E-state index contributed by atoms with van der Waals surface area (Å²) in [6.45, 7) is 7.21. The molecule has 0 aromatic heterocycles. The highest BCUT2D eigenvalue weighted by Gasteiger charge is 2.57. The van der Waals surface area contributed by atoms with Gasteiger partial charge in [0.25, 0.3) is 0 Å². The molecule has 0 bridgehead atoms. The number of carbonyl (C=O) groups is 1. The maximum absolute atomic E-state index is 12.5. The molecule has 23 heavy (non-hydrogen) atoms. The third-order valence-corrected chi connectivity index (χ3v) is 6.74. The lowest BCUT2D eigenvalue weighted by molar-refractivity contribution is -0.123. The maximum Gasteiger partial charge on any atom is 0.223 e. The van der Waals surface area contributed by atoms with Gasteiger partial charge in [-0.25, -0.2) is 0 Å². The van der Waals surface area contributed by atoms with Crippen LogP contribution in [0.1, 0.15) is 33.1 Å². The Balaban J connectivity index is 1.49. The third-order valence-electron chi connectivity index (χ3n) is 5.00.